The molecule has 7 atom stereocenters. The average molecular weight is 1160 g/mol. The summed E-state index contributed by atoms with van der Waals surface area (Å²) in [5.74, 6) is -6.97. The number of carbonyl (C=O) groups excluding carboxylic acids is 8. The Balaban J connectivity index is 1.21. The maximum absolute atomic E-state index is 15.3. The average Bonchev–Trinajstić information content (AvgIpc) is 4.57. The van der Waals surface area contributed by atoms with Gasteiger partial charge in [0.1, 0.15) is 42.3 Å². The molecule has 1 aliphatic rings. The van der Waals surface area contributed by atoms with Crippen LogP contribution in [0.25, 0.3) is 21.8 Å². The normalized spacial score (nSPS) is 20.8. The van der Waals surface area contributed by atoms with Crippen LogP contribution in [-0.4, -0.2) is 151 Å². The van der Waals surface area contributed by atoms with Gasteiger partial charge in [-0.2, -0.15) is 0 Å². The third kappa shape index (κ3) is 17.5. The number of benzene rings is 3. The molecule has 7 aromatic rings. The van der Waals surface area contributed by atoms with Crippen LogP contribution in [0.5, 0.6) is 0 Å². The summed E-state index contributed by atoms with van der Waals surface area (Å²) in [5.41, 5.74) is 26.7. The Labute approximate surface area is 487 Å². The lowest BCUT2D eigenvalue weighted by Gasteiger charge is -2.28. The summed E-state index contributed by atoms with van der Waals surface area (Å²) in [6.07, 6.45) is 8.51. The third-order valence-corrected chi connectivity index (χ3v) is 14.2. The van der Waals surface area contributed by atoms with Crippen LogP contribution in [0.3, 0.4) is 0 Å². The predicted molar refractivity (Wildman–Crippen MR) is 315 cm³/mol. The fourth-order valence-electron chi connectivity index (χ4n) is 9.88. The zero-order valence-electron chi connectivity index (χ0n) is 46.4. The molecule has 28 heteroatoms. The molecule has 0 radical (unpaired) electrons. The van der Waals surface area contributed by atoms with Crippen LogP contribution in [0, 0.1) is 0 Å². The molecule has 1 aliphatic heterocycles. The van der Waals surface area contributed by atoms with Gasteiger partial charge in [0.05, 0.1) is 19.2 Å². The summed E-state index contributed by atoms with van der Waals surface area (Å²) in [6.45, 7) is -0.604. The summed E-state index contributed by atoms with van der Waals surface area (Å²) < 4.78 is 0. The number of nitrogens with zero attached hydrogens (tertiary/aromatic N) is 4. The molecule has 4 aromatic heterocycles. The molecule has 446 valence electrons. The number of guanidine groups is 2. The number of imidazole rings is 2. The molecular formula is C57H70N20O8. The molecule has 0 aliphatic carbocycles. The molecule has 1 saturated heterocycles. The van der Waals surface area contributed by atoms with E-state index in [1.165, 1.54) is 25.0 Å². The Hall–Kier alpha value is -10.5. The number of aromatic nitrogens is 6. The maximum Gasteiger partial charge on any atom is 0.243 e. The van der Waals surface area contributed by atoms with Crippen molar-refractivity contribution >= 4 is 81.0 Å². The fourth-order valence-corrected chi connectivity index (χ4v) is 9.88. The van der Waals surface area contributed by atoms with Crippen molar-refractivity contribution in [3.63, 3.8) is 0 Å². The number of nitrogens with two attached hydrogens (primary N) is 4. The molecule has 20 N–H and O–H groups in total. The van der Waals surface area contributed by atoms with Gasteiger partial charge in [-0.05, 0) is 54.5 Å². The van der Waals surface area contributed by atoms with E-state index in [4.69, 9.17) is 22.9 Å². The second-order valence-electron chi connectivity index (χ2n) is 20.5. The summed E-state index contributed by atoms with van der Waals surface area (Å²) in [5, 5.41) is 23.6. The van der Waals surface area contributed by atoms with Gasteiger partial charge in [-0.1, -0.05) is 66.7 Å². The Morgan fingerprint density at radius 3 is 1.26 bits per heavy atom. The maximum atomic E-state index is 15.3. The molecule has 0 saturated carbocycles. The first-order chi connectivity index (χ1) is 41.1. The summed E-state index contributed by atoms with van der Waals surface area (Å²) in [4.78, 5) is 146. The lowest BCUT2D eigenvalue weighted by atomic mass is 10.00. The van der Waals surface area contributed by atoms with Gasteiger partial charge in [-0.3, -0.25) is 48.3 Å². The lowest BCUT2D eigenvalue weighted by molar-refractivity contribution is -0.136. The van der Waals surface area contributed by atoms with Crippen molar-refractivity contribution in [1.29, 1.82) is 0 Å². The number of H-pyrrole nitrogens is 4. The van der Waals surface area contributed by atoms with E-state index < -0.39 is 96.1 Å². The van der Waals surface area contributed by atoms with Gasteiger partial charge in [-0.25, -0.2) is 9.97 Å². The minimum atomic E-state index is -1.44. The van der Waals surface area contributed by atoms with Crippen molar-refractivity contribution in [2.24, 2.45) is 32.9 Å². The van der Waals surface area contributed by atoms with E-state index in [2.05, 4.69) is 82.4 Å². The van der Waals surface area contributed by atoms with Crippen LogP contribution in [0.1, 0.15) is 53.8 Å². The molecule has 0 bridgehead atoms. The van der Waals surface area contributed by atoms with Crippen molar-refractivity contribution in [3.05, 3.63) is 144 Å². The Morgan fingerprint density at radius 1 is 0.435 bits per heavy atom. The number of nitrogens with one attached hydrogen (secondary N) is 12. The van der Waals surface area contributed by atoms with Gasteiger partial charge in [0.25, 0.3) is 0 Å². The number of carbonyl (C=O) groups is 8. The number of aliphatic imine (C=N–C) groups is 2. The van der Waals surface area contributed by atoms with Crippen LogP contribution < -0.4 is 65.5 Å². The highest BCUT2D eigenvalue weighted by atomic mass is 16.2. The van der Waals surface area contributed by atoms with Crippen molar-refractivity contribution in [2.75, 3.05) is 19.6 Å². The first-order valence-corrected chi connectivity index (χ1v) is 27.6. The standard InChI is InChI=1S/C57H70N20O8/c58-56(59)64-18-8-16-41-50(80)75-45(22-34-26-67-40-15-7-5-13-38(34)40)54(84)76-44(21-33-25-66-39-14-6-4-12-37(33)39)53(83)73-42(17-9-19-65-57(60)61)51(81)77-46(23-35-27-62-30-69-35)49(79)68-29-48(78)71-47(24-36-28-63-31-70-36)55(85)74-43(52(82)72-41)20-32-10-2-1-3-11-32/h1-7,10-15,25-28,30-31,41-47,66-67H,8-9,16-24,29H2,(H,62,69)(H,63,70)(H,68,79)(H,71,78)(H,72,82)(H,73,83)(H,74,85)(H,75,80)(H,76,84)(H,77,81)(H4,58,59,64)(H4,60,61,65)/t41-,42-,43-,44-,45-,46-,47-/m0/s1. The summed E-state index contributed by atoms with van der Waals surface area (Å²) >= 11 is 0. The molecule has 0 spiro atoms. The number of hydrogen-bond acceptors (Lipinski definition) is 12. The molecule has 5 heterocycles. The topological polar surface area (TPSA) is 451 Å². The van der Waals surface area contributed by atoms with E-state index in [0.29, 0.717) is 28.1 Å². The minimum absolute atomic E-state index is 0.0443. The predicted octanol–water partition coefficient (Wildman–Crippen LogP) is -1.76. The highest BCUT2D eigenvalue weighted by Gasteiger charge is 2.36. The minimum Gasteiger partial charge on any atom is -0.370 e. The Morgan fingerprint density at radius 2 is 0.824 bits per heavy atom. The van der Waals surface area contributed by atoms with E-state index >= 15 is 14.4 Å². The van der Waals surface area contributed by atoms with Gasteiger partial charge in [-0.15, -0.1) is 0 Å². The van der Waals surface area contributed by atoms with Gasteiger partial charge in [0, 0.05) is 103 Å². The van der Waals surface area contributed by atoms with E-state index in [0.717, 1.165) is 21.8 Å². The number of fused-ring (bicyclic) bond motifs is 2. The van der Waals surface area contributed by atoms with E-state index in [1.807, 2.05) is 48.5 Å². The highest BCUT2D eigenvalue weighted by molar-refractivity contribution is 5.99. The fraction of sp³-hybridized carbons (Fsp3) is 0.333. The molecule has 3 aromatic carbocycles. The molecule has 8 amide bonds. The molecule has 1 fully saturated rings. The van der Waals surface area contributed by atoms with E-state index in [-0.39, 0.29) is 82.8 Å². The van der Waals surface area contributed by atoms with Crippen LogP contribution in [-0.2, 0) is 70.5 Å². The van der Waals surface area contributed by atoms with E-state index in [1.54, 1.807) is 42.7 Å². The number of aromatic amines is 4. The van der Waals surface area contributed by atoms with Gasteiger partial charge in [0.15, 0.2) is 11.9 Å². The molecule has 0 unspecified atom stereocenters. The van der Waals surface area contributed by atoms with Crippen molar-refractivity contribution < 1.29 is 38.4 Å². The number of hydrogen-bond donors (Lipinski definition) is 16. The zero-order valence-corrected chi connectivity index (χ0v) is 46.4. The Bertz CT molecular complexity index is 3480. The largest absolute Gasteiger partial charge is 0.370 e. The second kappa shape index (κ2) is 29.4. The van der Waals surface area contributed by atoms with E-state index in [9.17, 15) is 24.0 Å². The Kier molecular flexibility index (Phi) is 21.0. The van der Waals surface area contributed by atoms with Gasteiger partial charge >= 0.3 is 0 Å². The van der Waals surface area contributed by atoms with Crippen molar-refractivity contribution in [3.8, 4) is 0 Å². The number of rotatable bonds is 18. The lowest BCUT2D eigenvalue weighted by Crippen LogP contribution is -2.61. The first-order valence-electron chi connectivity index (χ1n) is 27.6. The number of amides is 8. The molecule has 85 heavy (non-hydrogen) atoms. The second-order valence-corrected chi connectivity index (χ2v) is 20.5. The molecule has 8 rings (SSSR count). The zero-order chi connectivity index (χ0) is 60.2. The SMILES string of the molecule is NC(N)=NCCC[C@@H]1NC(=O)[C@H](Cc2c[nH]c3ccccc23)NC(=O)[C@H](Cc2c[nH]c3ccccc23)NC(=O)[C@H](CCCN=C(N)N)NC(=O)[C@H](Cc2ccccc2)NC(=O)[C@H](Cc2cnc[nH]2)NC(=O)CNC(=O)[C@H](Cc2cnc[nH]2)NC1=O. The molecule has 28 nitrogen and oxygen atoms in total. The quantitative estimate of drug-likeness (QED) is 0.0257. The summed E-state index contributed by atoms with van der Waals surface area (Å²) in [7, 11) is 0. The third-order valence-electron chi connectivity index (χ3n) is 14.2. The van der Waals surface area contributed by atoms with Crippen molar-refractivity contribution in [2.45, 2.75) is 100 Å². The van der Waals surface area contributed by atoms with Crippen molar-refractivity contribution in [1.82, 2.24) is 72.4 Å². The van der Waals surface area contributed by atoms with Gasteiger partial charge < -0.3 is 85.4 Å². The van der Waals surface area contributed by atoms with Crippen LogP contribution >= 0.6 is 0 Å². The van der Waals surface area contributed by atoms with Gasteiger partial charge in [0.2, 0.25) is 47.3 Å². The van der Waals surface area contributed by atoms with Crippen LogP contribution in [0.4, 0.5) is 0 Å². The summed E-state index contributed by atoms with van der Waals surface area (Å²) in [6, 6.07) is 13.6. The van der Waals surface area contributed by atoms with Crippen LogP contribution in [0.2, 0.25) is 0 Å². The van der Waals surface area contributed by atoms with Crippen LogP contribution in [0.15, 0.2) is 126 Å². The smallest absolute Gasteiger partial charge is 0.243 e. The highest BCUT2D eigenvalue weighted by Crippen LogP contribution is 2.22. The number of para-hydroxylation sites is 2. The molecular weight excluding hydrogens is 1090 g/mol. The first kappa shape index (κ1) is 60.6. The monoisotopic (exact) mass is 1160 g/mol.